The van der Waals surface area contributed by atoms with Crippen LogP contribution in [0.5, 0.6) is 0 Å². The highest BCUT2D eigenvalue weighted by molar-refractivity contribution is 14.0. The maximum absolute atomic E-state index is 12.4. The number of carboxylic acid groups (broad SMARTS) is 1. The van der Waals surface area contributed by atoms with Gasteiger partial charge in [-0.05, 0) is 36.7 Å². The van der Waals surface area contributed by atoms with Gasteiger partial charge in [-0.1, -0.05) is 88.4 Å². The molecule has 0 radical (unpaired) electrons. The summed E-state index contributed by atoms with van der Waals surface area (Å²) in [5.41, 5.74) is 7.10. The molecule has 11 heteroatoms. The van der Waals surface area contributed by atoms with E-state index in [-0.39, 0.29) is 68.1 Å². The highest BCUT2D eigenvalue weighted by atomic mass is 127. The Bertz CT molecular complexity index is 1160. The molecule has 2 aromatic carbocycles. The van der Waals surface area contributed by atoms with Crippen LogP contribution in [0.1, 0.15) is 82.1 Å². The Hall–Kier alpha value is -3.32. The van der Waals surface area contributed by atoms with Crippen molar-refractivity contribution in [1.82, 2.24) is 0 Å². The Morgan fingerprint density at radius 1 is 0.756 bits per heavy atom. The summed E-state index contributed by atoms with van der Waals surface area (Å²) in [7, 11) is 0. The lowest BCUT2D eigenvalue weighted by Gasteiger charge is -2.19. The van der Waals surface area contributed by atoms with Gasteiger partial charge in [-0.15, -0.1) is 23.8 Å². The van der Waals surface area contributed by atoms with E-state index in [1.807, 2.05) is 76.2 Å². The quantitative estimate of drug-likeness (QED) is 0.0612. The Kier molecular flexibility index (Phi) is 21.2. The molecule has 0 saturated heterocycles. The van der Waals surface area contributed by atoms with E-state index >= 15 is 0 Å². The highest BCUT2D eigenvalue weighted by Gasteiger charge is 2.25. The number of carboxylic acids is 1. The number of esters is 3. The molecule has 2 atom stereocenters. The molecule has 45 heavy (non-hydrogen) atoms. The molecule has 0 saturated carbocycles. The van der Waals surface area contributed by atoms with Crippen LogP contribution >= 0.6 is 23.8 Å². The molecule has 0 fully saturated rings. The summed E-state index contributed by atoms with van der Waals surface area (Å²) in [6, 6.07) is 17.9. The first-order valence-corrected chi connectivity index (χ1v) is 15.0. The summed E-state index contributed by atoms with van der Waals surface area (Å²) in [6.45, 7) is 8.05. The van der Waals surface area contributed by atoms with Gasteiger partial charge in [0.15, 0.2) is 5.78 Å². The smallest absolute Gasteiger partial charge is 0.323 e. The van der Waals surface area contributed by atoms with Gasteiger partial charge in [-0.25, -0.2) is 0 Å². The van der Waals surface area contributed by atoms with Gasteiger partial charge in [0.05, 0.1) is 19.1 Å². The molecule has 2 aromatic rings. The molecule has 0 unspecified atom stereocenters. The fourth-order valence-electron chi connectivity index (χ4n) is 3.85. The van der Waals surface area contributed by atoms with Crippen LogP contribution in [0.2, 0.25) is 0 Å². The first kappa shape index (κ1) is 39.7. The maximum atomic E-state index is 12.4. The molecule has 0 aliphatic carbocycles. The number of carbonyl (C=O) groups is 5. The second-order valence-electron chi connectivity index (χ2n) is 11.0. The second kappa shape index (κ2) is 24.0. The first-order chi connectivity index (χ1) is 21.9. The number of aliphatic carboxylic acids is 1. The Balaban J connectivity index is 0.00000106. The van der Waals surface area contributed by atoms with Crippen LogP contribution in [0.4, 0.5) is 0 Å². The zero-order valence-corrected chi connectivity index (χ0v) is 28.8. The van der Waals surface area contributed by atoms with Crippen molar-refractivity contribution in [3.63, 3.8) is 0 Å². The molecule has 0 aliphatic heterocycles. The zero-order chi connectivity index (χ0) is 34.9. The molecule has 3 N–H and O–H groups in total. The number of hydrogen-bond donors (Lipinski definition) is 2. The molecular weight excluding hydrogens is 693 g/mol. The lowest BCUT2D eigenvalue weighted by Crippen LogP contribution is -2.37. The number of ketones is 1. The predicted molar refractivity (Wildman–Crippen MR) is 181 cm³/mol. The minimum Gasteiger partial charge on any atom is -0.481 e. The average molecular weight is 743 g/mol. The van der Waals surface area contributed by atoms with Gasteiger partial charge in [0.25, 0.3) is 0 Å². The van der Waals surface area contributed by atoms with E-state index in [0.29, 0.717) is 31.2 Å². The molecule has 0 amide bonds. The lowest BCUT2D eigenvalue weighted by atomic mass is 9.89. The molecular formula is C34H48INO9. The maximum Gasteiger partial charge on any atom is 0.323 e. The minimum absolute atomic E-state index is 0.00416. The van der Waals surface area contributed by atoms with Crippen molar-refractivity contribution < 1.29 is 43.3 Å². The van der Waals surface area contributed by atoms with E-state index in [9.17, 15) is 24.0 Å². The van der Waals surface area contributed by atoms with Crippen LogP contribution < -0.4 is 5.73 Å². The average Bonchev–Trinajstić information content (AvgIpc) is 3.05. The number of hydrogen-bond acceptors (Lipinski definition) is 9. The molecule has 0 aliphatic rings. The number of Topliss-reactive ketones (excluding diaryl/α,β-unsaturated/α-hetero) is 1. The van der Waals surface area contributed by atoms with Gasteiger partial charge in [-0.2, -0.15) is 0 Å². The number of benzene rings is 2. The van der Waals surface area contributed by atoms with E-state index < -0.39 is 18.0 Å². The van der Waals surface area contributed by atoms with Crippen LogP contribution in [0, 0.1) is 17.8 Å². The van der Waals surface area contributed by atoms with Crippen molar-refractivity contribution in [3.05, 3.63) is 71.8 Å². The van der Waals surface area contributed by atoms with Gasteiger partial charge in [0.2, 0.25) is 0 Å². The van der Waals surface area contributed by atoms with E-state index in [2.05, 4.69) is 0 Å². The number of rotatable bonds is 18. The van der Waals surface area contributed by atoms with Crippen molar-refractivity contribution in [3.8, 4) is 0 Å². The van der Waals surface area contributed by atoms with Crippen LogP contribution in [0.25, 0.3) is 0 Å². The summed E-state index contributed by atoms with van der Waals surface area (Å²) < 4.78 is 21.1. The Morgan fingerprint density at radius 3 is 1.82 bits per heavy atom. The first-order valence-electron chi connectivity index (χ1n) is 15.4. The highest BCUT2D eigenvalue weighted by Crippen LogP contribution is 2.21. The third-order valence-electron chi connectivity index (χ3n) is 6.67. The molecule has 0 aromatic heterocycles. The van der Waals surface area contributed by atoms with Crippen molar-refractivity contribution in [2.24, 2.45) is 23.5 Å². The predicted octanol–water partition coefficient (Wildman–Crippen LogP) is 5.98. The summed E-state index contributed by atoms with van der Waals surface area (Å²) in [6.07, 6.45) is 1.68. The molecule has 0 spiro atoms. The topological polar surface area (TPSA) is 159 Å². The zero-order valence-electron chi connectivity index (χ0n) is 27.6. The van der Waals surface area contributed by atoms with Gasteiger partial charge in [0, 0.05) is 24.8 Å². The normalized spacial score (nSPS) is 11.9. The largest absolute Gasteiger partial charge is 0.481 e. The lowest BCUT2D eigenvalue weighted by molar-refractivity contribution is -0.152. The third-order valence-corrected chi connectivity index (χ3v) is 6.67. The summed E-state index contributed by atoms with van der Waals surface area (Å²) in [4.78, 5) is 57.8. The fourth-order valence-corrected chi connectivity index (χ4v) is 3.85. The monoisotopic (exact) mass is 742 g/mol. The van der Waals surface area contributed by atoms with Crippen LogP contribution in [0.15, 0.2) is 60.7 Å². The fraction of sp³-hybridized carbons (Fsp3) is 0.500. The van der Waals surface area contributed by atoms with Gasteiger partial charge in [-0.3, -0.25) is 24.0 Å². The van der Waals surface area contributed by atoms with Crippen molar-refractivity contribution in [1.29, 1.82) is 0.594 Å². The molecule has 2 rings (SSSR count). The summed E-state index contributed by atoms with van der Waals surface area (Å²) in [5, 5.41) is 8.31. The van der Waals surface area contributed by atoms with Crippen molar-refractivity contribution in [2.75, 3.05) is 13.2 Å². The van der Waals surface area contributed by atoms with Crippen LogP contribution in [-0.4, -0.2) is 54.6 Å². The van der Waals surface area contributed by atoms with Gasteiger partial charge < -0.3 is 25.1 Å². The standard InChI is InChI=1S/C25H30O5.C9H17NO4.HI/c1-19(2)22(15-16-23(26)21-12-7-4-8-13-21)25(28)29-17-9-14-24(27)30-18-20-10-5-3-6-11-20;1-6(2)8(10)9(13)14-5-3-4-7(11)12;/h3-8,10-13,19,22H,9,14-18H2,1-2H3;6,8H,3-5,10H2,1-2H3,(H,11,12);1H/t22-;8-;/m00./s1/i/hD. The number of nitrogens with two attached hydrogens (primary N) is 1. The number of carbonyl (C=O) groups excluding carboxylic acids is 4. The Labute approximate surface area is 283 Å². The van der Waals surface area contributed by atoms with E-state index in [1.165, 1.54) is 23.8 Å². The number of ether oxygens (including phenoxy) is 3. The van der Waals surface area contributed by atoms with Crippen LogP contribution in [0.3, 0.4) is 0 Å². The van der Waals surface area contributed by atoms with Crippen molar-refractivity contribution in [2.45, 2.75) is 78.9 Å². The minimum atomic E-state index is -0.894. The summed E-state index contributed by atoms with van der Waals surface area (Å²) >= 11 is 1.40. The van der Waals surface area contributed by atoms with E-state index in [4.69, 9.17) is 25.6 Å². The van der Waals surface area contributed by atoms with E-state index in [1.54, 1.807) is 12.1 Å². The molecule has 0 bridgehead atoms. The molecule has 0 heterocycles. The van der Waals surface area contributed by atoms with Crippen LogP contribution in [-0.2, 0) is 40.0 Å². The van der Waals surface area contributed by atoms with Crippen molar-refractivity contribution >= 4 is 53.4 Å². The third kappa shape index (κ3) is 18.9. The van der Waals surface area contributed by atoms with E-state index in [0.717, 1.165) is 5.56 Å². The summed E-state index contributed by atoms with van der Waals surface area (Å²) in [5.74, 6) is -2.22. The van der Waals surface area contributed by atoms with Gasteiger partial charge >= 0.3 is 23.9 Å². The SMILES string of the molecule is CC(C)[C@H](CCC(=O)c1ccccc1)C(=O)OCCCC(=O)OCc1ccccc1.CC(C)[C@H](N)C(=O)OCCCC(=O)O.[2H]I. The molecule has 10 nitrogen and oxygen atoms in total. The second-order valence-corrected chi connectivity index (χ2v) is 11.0. The van der Waals surface area contributed by atoms with Gasteiger partial charge in [0.1, 0.15) is 13.2 Å². The number of halogens is 1. The Morgan fingerprint density at radius 2 is 1.29 bits per heavy atom. The molecule has 250 valence electrons.